The average molecular weight is 174 g/mol. The molecular formula is C4H6N4O2S. The highest BCUT2D eigenvalue weighted by Crippen LogP contribution is 2.17. The van der Waals surface area contributed by atoms with Gasteiger partial charge < -0.3 is 9.68 Å². The molecule has 0 amide bonds. The third-order valence-corrected chi connectivity index (χ3v) is 1.64. The second-order valence-corrected chi connectivity index (χ2v) is 2.50. The lowest BCUT2D eigenvalue weighted by molar-refractivity contribution is -0.0526. The van der Waals surface area contributed by atoms with Crippen molar-refractivity contribution in [2.75, 3.05) is 0 Å². The van der Waals surface area contributed by atoms with E-state index >= 15 is 0 Å². The smallest absolute Gasteiger partial charge is 0.134 e. The first kappa shape index (κ1) is 6.65. The molecule has 2 N–H and O–H groups in total. The van der Waals surface area contributed by atoms with E-state index in [1.54, 1.807) is 12.4 Å². The fraction of sp³-hybridized carbons (Fsp3) is 0. The molecule has 60 valence electrons. The highest BCUT2D eigenvalue weighted by Gasteiger charge is 2.16. The van der Waals surface area contributed by atoms with E-state index in [1.165, 1.54) is 33.8 Å². The maximum atomic E-state index is 4.93. The van der Waals surface area contributed by atoms with E-state index in [4.69, 9.17) is 9.68 Å². The van der Waals surface area contributed by atoms with Gasteiger partial charge in [-0.25, -0.2) is 0 Å². The van der Waals surface area contributed by atoms with Crippen molar-refractivity contribution in [3.63, 3.8) is 0 Å². The van der Waals surface area contributed by atoms with E-state index in [2.05, 4.69) is 10.9 Å². The Bertz CT molecular complexity index is 161. The summed E-state index contributed by atoms with van der Waals surface area (Å²) in [4.78, 5) is 9.86. The topological polar surface area (TPSA) is 49.0 Å². The van der Waals surface area contributed by atoms with E-state index in [1.807, 2.05) is 0 Å². The minimum Gasteiger partial charge on any atom is -0.380 e. The molecule has 0 aromatic carbocycles. The van der Waals surface area contributed by atoms with E-state index < -0.39 is 0 Å². The Kier molecular flexibility index (Phi) is 1.76. The summed E-state index contributed by atoms with van der Waals surface area (Å²) in [6.45, 7) is 0. The molecule has 2 heterocycles. The number of nitrogens with one attached hydrogen (secondary N) is 2. The van der Waals surface area contributed by atoms with Crippen LogP contribution in [0, 0.1) is 0 Å². The molecule has 0 atom stereocenters. The number of rotatable bonds is 2. The predicted octanol–water partition coefficient (Wildman–Crippen LogP) is -0.00440. The Morgan fingerprint density at radius 2 is 1.55 bits per heavy atom. The summed E-state index contributed by atoms with van der Waals surface area (Å²) in [5, 5.41) is 0. The van der Waals surface area contributed by atoms with Gasteiger partial charge in [-0.1, -0.05) is 0 Å². The maximum Gasteiger partial charge on any atom is 0.134 e. The lowest BCUT2D eigenvalue weighted by Gasteiger charge is -2.17. The molecule has 0 aromatic heterocycles. The first-order valence-electron chi connectivity index (χ1n) is 2.89. The first-order chi connectivity index (χ1) is 5.45. The molecule has 0 aliphatic carbocycles. The van der Waals surface area contributed by atoms with Gasteiger partial charge in [0.15, 0.2) is 0 Å². The van der Waals surface area contributed by atoms with Crippen LogP contribution in [0.3, 0.4) is 0 Å². The number of hydrogen-bond acceptors (Lipinski definition) is 7. The Labute approximate surface area is 67.5 Å². The number of hydrogen-bond donors (Lipinski definition) is 2. The van der Waals surface area contributed by atoms with Gasteiger partial charge in [0, 0.05) is 9.16 Å². The average Bonchev–Trinajstić information content (AvgIpc) is 2.60. The van der Waals surface area contributed by atoms with E-state index in [0.717, 1.165) is 0 Å². The van der Waals surface area contributed by atoms with Crippen LogP contribution in [-0.4, -0.2) is 9.16 Å². The van der Waals surface area contributed by atoms with Crippen molar-refractivity contribution in [2.24, 2.45) is 0 Å². The summed E-state index contributed by atoms with van der Waals surface area (Å²) in [7, 11) is 0. The Balaban J connectivity index is 1.73. The van der Waals surface area contributed by atoms with Gasteiger partial charge in [-0.3, -0.25) is 10.9 Å². The molecule has 11 heavy (non-hydrogen) atoms. The molecule has 0 spiro atoms. The Hall–Kier alpha value is -1.05. The van der Waals surface area contributed by atoms with Gasteiger partial charge in [0.05, 0.1) is 12.4 Å². The monoisotopic (exact) mass is 174 g/mol. The molecule has 6 nitrogen and oxygen atoms in total. The lowest BCUT2D eigenvalue weighted by atomic mass is 11.0. The molecule has 0 unspecified atom stereocenters. The van der Waals surface area contributed by atoms with Crippen LogP contribution in [0.2, 0.25) is 0 Å². The quantitative estimate of drug-likeness (QED) is 0.571. The normalized spacial score (nSPS) is 22.5. The van der Waals surface area contributed by atoms with Gasteiger partial charge in [-0.2, -0.15) is 0 Å². The number of nitrogens with zero attached hydrogens (tertiary/aromatic N) is 2. The molecule has 2 rings (SSSR count). The van der Waals surface area contributed by atoms with E-state index in [9.17, 15) is 0 Å². The van der Waals surface area contributed by atoms with Crippen LogP contribution < -0.4 is 10.9 Å². The molecule has 0 aromatic rings. The van der Waals surface area contributed by atoms with Crippen LogP contribution in [0.5, 0.6) is 0 Å². The van der Waals surface area contributed by atoms with E-state index in [-0.39, 0.29) is 0 Å². The predicted molar refractivity (Wildman–Crippen MR) is 38.0 cm³/mol. The van der Waals surface area contributed by atoms with Gasteiger partial charge in [-0.15, -0.1) is 0 Å². The van der Waals surface area contributed by atoms with Crippen LogP contribution in [0.4, 0.5) is 0 Å². The fourth-order valence-electron chi connectivity index (χ4n) is 0.568. The van der Waals surface area contributed by atoms with Gasteiger partial charge in [0.1, 0.15) is 24.7 Å². The van der Waals surface area contributed by atoms with Crippen molar-refractivity contribution in [3.05, 3.63) is 24.9 Å². The van der Waals surface area contributed by atoms with Crippen LogP contribution >= 0.6 is 12.1 Å². The summed E-state index contributed by atoms with van der Waals surface area (Å²) in [6.07, 6.45) is 6.38. The lowest BCUT2D eigenvalue weighted by Crippen LogP contribution is -2.31. The van der Waals surface area contributed by atoms with Crippen molar-refractivity contribution in [1.29, 1.82) is 0 Å². The Morgan fingerprint density at radius 3 is 1.91 bits per heavy atom. The maximum absolute atomic E-state index is 4.93. The van der Waals surface area contributed by atoms with Crippen molar-refractivity contribution in [2.45, 2.75) is 0 Å². The molecule has 0 saturated heterocycles. The zero-order valence-corrected chi connectivity index (χ0v) is 6.25. The molecule has 2 aliphatic heterocycles. The van der Waals surface area contributed by atoms with Crippen LogP contribution in [0.1, 0.15) is 0 Å². The molecule has 7 heteroatoms. The zero-order valence-electron chi connectivity index (χ0n) is 5.43. The minimum atomic E-state index is 1.19. The van der Waals surface area contributed by atoms with E-state index in [0.29, 0.717) is 0 Å². The summed E-state index contributed by atoms with van der Waals surface area (Å²) in [6, 6.07) is 0. The summed E-state index contributed by atoms with van der Waals surface area (Å²) < 4.78 is 2.83. The van der Waals surface area contributed by atoms with Gasteiger partial charge >= 0.3 is 0 Å². The highest BCUT2D eigenvalue weighted by atomic mass is 32.2. The summed E-state index contributed by atoms with van der Waals surface area (Å²) in [5.41, 5.74) is 5.58. The third-order valence-electron chi connectivity index (χ3n) is 0.957. The third kappa shape index (κ3) is 1.50. The van der Waals surface area contributed by atoms with Gasteiger partial charge in [-0.05, 0) is 0 Å². The molecule has 2 aliphatic rings. The first-order valence-corrected chi connectivity index (χ1v) is 3.62. The second kappa shape index (κ2) is 2.91. The standard InChI is InChI=1S/C4H6N4O2S/c1-3-9-7(5-1)11-8-6-2-4-10-8/h1-6H. The SMILES string of the molecule is C1=CON(SN2NC=CO2)N1. The van der Waals surface area contributed by atoms with Crippen LogP contribution in [0.25, 0.3) is 0 Å². The van der Waals surface area contributed by atoms with Gasteiger partial charge in [0.25, 0.3) is 0 Å². The fourth-order valence-corrected chi connectivity index (χ4v) is 1.09. The zero-order chi connectivity index (χ0) is 7.52. The van der Waals surface area contributed by atoms with Crippen LogP contribution in [0.15, 0.2) is 24.9 Å². The van der Waals surface area contributed by atoms with Crippen molar-refractivity contribution in [1.82, 2.24) is 20.0 Å². The molecule has 0 fully saturated rings. The minimum absolute atomic E-state index is 1.19. The molecule has 0 radical (unpaired) electrons. The summed E-state index contributed by atoms with van der Waals surface area (Å²) in [5.74, 6) is 0. The van der Waals surface area contributed by atoms with Crippen LogP contribution in [-0.2, 0) is 9.68 Å². The van der Waals surface area contributed by atoms with Crippen molar-refractivity contribution >= 4 is 12.1 Å². The number of hydrazine groups is 2. The van der Waals surface area contributed by atoms with Crippen molar-refractivity contribution < 1.29 is 9.68 Å². The largest absolute Gasteiger partial charge is 0.380 e. The summed E-state index contributed by atoms with van der Waals surface area (Å²) >= 11 is 1.19. The Morgan fingerprint density at radius 1 is 1.00 bits per heavy atom. The van der Waals surface area contributed by atoms with Crippen molar-refractivity contribution in [3.8, 4) is 0 Å². The molecular weight excluding hydrogens is 168 g/mol. The second-order valence-electron chi connectivity index (χ2n) is 1.67. The highest BCUT2D eigenvalue weighted by molar-refractivity contribution is 7.94. The molecule has 0 bridgehead atoms. The molecule has 0 saturated carbocycles. The van der Waals surface area contributed by atoms with Gasteiger partial charge in [0.2, 0.25) is 0 Å².